The van der Waals surface area contributed by atoms with Crippen LogP contribution in [0.4, 0.5) is 0 Å². The van der Waals surface area contributed by atoms with Gasteiger partial charge in [0.25, 0.3) is 0 Å². The minimum absolute atomic E-state index is 0.204. The van der Waals surface area contributed by atoms with E-state index in [9.17, 15) is 4.79 Å². The molecule has 1 atom stereocenters. The molecule has 3 N–H and O–H groups in total. The van der Waals surface area contributed by atoms with Gasteiger partial charge in [-0.3, -0.25) is 4.79 Å². The highest BCUT2D eigenvalue weighted by molar-refractivity contribution is 5.80. The van der Waals surface area contributed by atoms with E-state index >= 15 is 0 Å². The van der Waals surface area contributed by atoms with Crippen LogP contribution in [0.25, 0.3) is 0 Å². The number of rotatable bonds is 5. The summed E-state index contributed by atoms with van der Waals surface area (Å²) < 4.78 is 0. The summed E-state index contributed by atoms with van der Waals surface area (Å²) in [5, 5.41) is 3.11. The van der Waals surface area contributed by atoms with Crippen molar-refractivity contribution in [1.82, 2.24) is 5.32 Å². The van der Waals surface area contributed by atoms with Crippen LogP contribution < -0.4 is 11.1 Å². The second kappa shape index (κ2) is 4.97. The van der Waals surface area contributed by atoms with Crippen LogP contribution >= 0.6 is 0 Å². The average Bonchev–Trinajstić information content (AvgIpc) is 1.98. The molecule has 0 bridgehead atoms. The third-order valence-electron chi connectivity index (χ3n) is 3.21. The van der Waals surface area contributed by atoms with Crippen molar-refractivity contribution in [3.63, 3.8) is 0 Å². The van der Waals surface area contributed by atoms with Crippen LogP contribution in [0, 0.1) is 11.8 Å². The smallest absolute Gasteiger partial charge is 0.223 e. The first kappa shape index (κ1) is 12.5. The summed E-state index contributed by atoms with van der Waals surface area (Å²) in [6, 6.07) is 0. The average molecular weight is 212 g/mol. The van der Waals surface area contributed by atoms with Crippen molar-refractivity contribution < 1.29 is 4.79 Å². The molecule has 0 heterocycles. The van der Waals surface area contributed by atoms with Crippen LogP contribution in [0.2, 0.25) is 0 Å². The number of carbonyl (C=O) groups is 1. The lowest BCUT2D eigenvalue weighted by Crippen LogP contribution is -2.54. The van der Waals surface area contributed by atoms with E-state index in [-0.39, 0.29) is 17.4 Å². The van der Waals surface area contributed by atoms with E-state index in [0.29, 0.717) is 12.5 Å². The molecule has 0 saturated heterocycles. The van der Waals surface area contributed by atoms with E-state index in [0.717, 1.165) is 19.3 Å². The van der Waals surface area contributed by atoms with E-state index in [2.05, 4.69) is 19.2 Å². The molecule has 1 amide bonds. The third kappa shape index (κ3) is 3.49. The van der Waals surface area contributed by atoms with Gasteiger partial charge in [-0.25, -0.2) is 0 Å². The van der Waals surface area contributed by atoms with E-state index in [4.69, 9.17) is 5.73 Å². The summed E-state index contributed by atoms with van der Waals surface area (Å²) in [5.41, 5.74) is 5.53. The highest BCUT2D eigenvalue weighted by Crippen LogP contribution is 2.27. The first-order chi connectivity index (χ1) is 6.97. The van der Waals surface area contributed by atoms with Crippen molar-refractivity contribution >= 4 is 5.91 Å². The highest BCUT2D eigenvalue weighted by atomic mass is 16.2. The van der Waals surface area contributed by atoms with Crippen LogP contribution in [-0.2, 0) is 4.79 Å². The second-order valence-corrected chi connectivity index (χ2v) is 5.48. The van der Waals surface area contributed by atoms with Gasteiger partial charge in [0, 0.05) is 18.0 Å². The topological polar surface area (TPSA) is 55.1 Å². The maximum absolute atomic E-state index is 11.8. The lowest BCUT2D eigenvalue weighted by Gasteiger charge is -2.34. The molecule has 0 aliphatic heterocycles. The Hall–Kier alpha value is -0.570. The molecule has 15 heavy (non-hydrogen) atoms. The van der Waals surface area contributed by atoms with Crippen molar-refractivity contribution in [2.75, 3.05) is 6.54 Å². The zero-order valence-electron chi connectivity index (χ0n) is 10.2. The zero-order valence-corrected chi connectivity index (χ0v) is 10.2. The molecule has 1 fully saturated rings. The minimum Gasteiger partial charge on any atom is -0.349 e. The number of carbonyl (C=O) groups excluding carboxylic acids is 1. The van der Waals surface area contributed by atoms with Gasteiger partial charge in [-0.1, -0.05) is 20.3 Å². The molecule has 0 aromatic carbocycles. The van der Waals surface area contributed by atoms with Crippen LogP contribution in [0.5, 0.6) is 0 Å². The molecule has 0 radical (unpaired) electrons. The monoisotopic (exact) mass is 212 g/mol. The number of amides is 1. The van der Waals surface area contributed by atoms with Crippen molar-refractivity contribution in [3.05, 3.63) is 0 Å². The molecule has 1 saturated carbocycles. The molecule has 3 nitrogen and oxygen atoms in total. The van der Waals surface area contributed by atoms with E-state index in [1.807, 2.05) is 6.92 Å². The maximum atomic E-state index is 11.8. The van der Waals surface area contributed by atoms with Gasteiger partial charge < -0.3 is 11.1 Å². The summed E-state index contributed by atoms with van der Waals surface area (Å²) >= 11 is 0. The quantitative estimate of drug-likeness (QED) is 0.728. The molecule has 88 valence electrons. The Kier molecular flexibility index (Phi) is 4.14. The van der Waals surface area contributed by atoms with Crippen LogP contribution in [-0.4, -0.2) is 18.0 Å². The number of hydrogen-bond acceptors (Lipinski definition) is 2. The predicted octanol–water partition coefficient (Wildman–Crippen LogP) is 1.67. The molecule has 0 spiro atoms. The molecule has 0 aromatic heterocycles. The number of hydrogen-bond donors (Lipinski definition) is 2. The Bertz CT molecular complexity index is 224. The second-order valence-electron chi connectivity index (χ2n) is 5.48. The molecule has 0 aromatic rings. The molecule has 1 unspecified atom stereocenters. The fourth-order valence-corrected chi connectivity index (χ4v) is 2.16. The lowest BCUT2D eigenvalue weighted by molar-refractivity contribution is -0.129. The van der Waals surface area contributed by atoms with Crippen LogP contribution in [0.1, 0.15) is 46.5 Å². The van der Waals surface area contributed by atoms with Gasteiger partial charge >= 0.3 is 0 Å². The normalized spacial score (nSPS) is 20.9. The standard InChI is InChI=1S/C12H24N2O/c1-9(2)7-12(3,8-13)14-11(15)10-5-4-6-10/h9-10H,4-8,13H2,1-3H3,(H,14,15). The van der Waals surface area contributed by atoms with Crippen molar-refractivity contribution in [1.29, 1.82) is 0 Å². The summed E-state index contributed by atoms with van der Waals surface area (Å²) in [4.78, 5) is 11.8. The predicted molar refractivity (Wildman–Crippen MR) is 62.4 cm³/mol. The van der Waals surface area contributed by atoms with Gasteiger partial charge in [-0.2, -0.15) is 0 Å². The molecular formula is C12H24N2O. The van der Waals surface area contributed by atoms with E-state index < -0.39 is 0 Å². The zero-order chi connectivity index (χ0) is 11.5. The Labute approximate surface area is 92.8 Å². The highest BCUT2D eigenvalue weighted by Gasteiger charge is 2.31. The van der Waals surface area contributed by atoms with Crippen molar-refractivity contribution in [2.24, 2.45) is 17.6 Å². The van der Waals surface area contributed by atoms with E-state index in [1.54, 1.807) is 0 Å². The van der Waals surface area contributed by atoms with Gasteiger partial charge in [0.2, 0.25) is 5.91 Å². The first-order valence-corrected chi connectivity index (χ1v) is 5.99. The number of nitrogens with one attached hydrogen (secondary N) is 1. The summed E-state index contributed by atoms with van der Waals surface area (Å²) in [7, 11) is 0. The molecule has 1 aliphatic rings. The van der Waals surface area contributed by atoms with Crippen LogP contribution in [0.15, 0.2) is 0 Å². The fraction of sp³-hybridized carbons (Fsp3) is 0.917. The van der Waals surface area contributed by atoms with Crippen LogP contribution in [0.3, 0.4) is 0 Å². The SMILES string of the molecule is CC(C)CC(C)(CN)NC(=O)C1CCC1. The Morgan fingerprint density at radius 2 is 2.13 bits per heavy atom. The van der Waals surface area contributed by atoms with Crippen molar-refractivity contribution in [3.8, 4) is 0 Å². The lowest BCUT2D eigenvalue weighted by atomic mass is 9.83. The molecule has 3 heteroatoms. The van der Waals surface area contributed by atoms with E-state index in [1.165, 1.54) is 6.42 Å². The van der Waals surface area contributed by atoms with Gasteiger partial charge in [-0.15, -0.1) is 0 Å². The van der Waals surface area contributed by atoms with Crippen molar-refractivity contribution in [2.45, 2.75) is 52.0 Å². The van der Waals surface area contributed by atoms with Gasteiger partial charge in [0.15, 0.2) is 0 Å². The summed E-state index contributed by atoms with van der Waals surface area (Å²) in [6.07, 6.45) is 4.24. The number of nitrogens with two attached hydrogens (primary N) is 1. The molecule has 1 rings (SSSR count). The Morgan fingerprint density at radius 3 is 2.47 bits per heavy atom. The summed E-state index contributed by atoms with van der Waals surface area (Å²) in [6.45, 7) is 6.88. The molecular weight excluding hydrogens is 188 g/mol. The minimum atomic E-state index is -0.221. The maximum Gasteiger partial charge on any atom is 0.223 e. The van der Waals surface area contributed by atoms with Gasteiger partial charge in [0.1, 0.15) is 0 Å². The Balaban J connectivity index is 2.46. The third-order valence-corrected chi connectivity index (χ3v) is 3.21. The largest absolute Gasteiger partial charge is 0.349 e. The summed E-state index contributed by atoms with van der Waals surface area (Å²) in [5.74, 6) is 1.01. The molecule has 1 aliphatic carbocycles. The fourth-order valence-electron chi connectivity index (χ4n) is 2.16. The Morgan fingerprint density at radius 1 is 1.53 bits per heavy atom. The van der Waals surface area contributed by atoms with Gasteiger partial charge in [0.05, 0.1) is 0 Å². The van der Waals surface area contributed by atoms with Gasteiger partial charge in [-0.05, 0) is 32.1 Å². The first-order valence-electron chi connectivity index (χ1n) is 5.99.